The lowest BCUT2D eigenvalue weighted by molar-refractivity contribution is 0.363. The molecule has 0 unspecified atom stereocenters. The largest absolute Gasteiger partial charge is 0.326 e. The van der Waals surface area contributed by atoms with Gasteiger partial charge in [-0.2, -0.15) is 0 Å². The maximum atomic E-state index is 13.5. The van der Waals surface area contributed by atoms with Crippen LogP contribution in [0.1, 0.15) is 5.56 Å². The fraction of sp³-hybridized carbons (Fsp3) is 0.333. The highest BCUT2D eigenvalue weighted by Gasteiger charge is 2.19. The van der Waals surface area contributed by atoms with Crippen LogP contribution in [-0.4, -0.2) is 27.5 Å². The predicted molar refractivity (Wildman–Crippen MR) is 58.3 cm³/mol. The molecule has 3 N–H and O–H groups in total. The molecule has 16 heavy (non-hydrogen) atoms. The summed E-state index contributed by atoms with van der Waals surface area (Å²) < 4.78 is 36.8. The van der Waals surface area contributed by atoms with Crippen molar-refractivity contribution in [1.29, 1.82) is 0 Å². The van der Waals surface area contributed by atoms with E-state index in [1.54, 1.807) is 0 Å². The van der Waals surface area contributed by atoms with Gasteiger partial charge in [-0.15, -0.1) is 4.83 Å². The summed E-state index contributed by atoms with van der Waals surface area (Å²) in [5.41, 5.74) is 5.86. The zero-order chi connectivity index (χ0) is 12.3. The molecule has 0 fully saturated rings. The van der Waals surface area contributed by atoms with Gasteiger partial charge in [0.25, 0.3) is 10.0 Å². The Morgan fingerprint density at radius 2 is 2.06 bits per heavy atom. The monoisotopic (exact) mass is 247 g/mol. The number of halogens is 1. The van der Waals surface area contributed by atoms with E-state index in [9.17, 15) is 12.8 Å². The van der Waals surface area contributed by atoms with Crippen molar-refractivity contribution in [1.82, 2.24) is 9.84 Å². The van der Waals surface area contributed by atoms with Crippen molar-refractivity contribution in [3.8, 4) is 0 Å². The molecule has 0 radical (unpaired) electrons. The zero-order valence-corrected chi connectivity index (χ0v) is 9.88. The van der Waals surface area contributed by atoms with Gasteiger partial charge in [0, 0.05) is 20.6 Å². The molecule has 1 aromatic carbocycles. The Labute approximate surface area is 94.1 Å². The van der Waals surface area contributed by atoms with Crippen LogP contribution in [0.3, 0.4) is 0 Å². The maximum absolute atomic E-state index is 13.5. The van der Waals surface area contributed by atoms with Gasteiger partial charge < -0.3 is 5.73 Å². The Balaban J connectivity index is 3.14. The highest BCUT2D eigenvalue weighted by atomic mass is 32.2. The van der Waals surface area contributed by atoms with E-state index in [-0.39, 0.29) is 6.54 Å². The number of sulfonamides is 1. The summed E-state index contributed by atoms with van der Waals surface area (Å²) in [6.07, 6.45) is 0. The molecule has 0 amide bonds. The third-order valence-corrected chi connectivity index (χ3v) is 3.34. The Bertz CT molecular complexity index is 474. The molecule has 0 aromatic heterocycles. The van der Waals surface area contributed by atoms with Crippen LogP contribution in [0.5, 0.6) is 0 Å². The molecule has 0 saturated carbocycles. The second-order valence-electron chi connectivity index (χ2n) is 3.46. The average Bonchev–Trinajstić information content (AvgIpc) is 2.14. The molecule has 1 rings (SSSR count). The van der Waals surface area contributed by atoms with Gasteiger partial charge in [0.05, 0.1) is 0 Å². The lowest BCUT2D eigenvalue weighted by Gasteiger charge is -2.13. The maximum Gasteiger partial charge on any atom is 0.256 e. The number of hydrogen-bond donors (Lipinski definition) is 2. The third kappa shape index (κ3) is 2.99. The van der Waals surface area contributed by atoms with E-state index in [1.165, 1.54) is 31.2 Å². The van der Waals surface area contributed by atoms with E-state index in [2.05, 4.69) is 4.83 Å². The van der Waals surface area contributed by atoms with Gasteiger partial charge in [0.15, 0.2) is 0 Å². The van der Waals surface area contributed by atoms with E-state index >= 15 is 0 Å². The standard InChI is InChI=1S/C9H14FN3O2S/c1-13(2)12-16(14,15)9-4-3-7(6-11)5-8(9)10/h3-5,12H,6,11H2,1-2H3. The number of rotatable bonds is 4. The molecule has 0 aliphatic heterocycles. The number of hydrogen-bond acceptors (Lipinski definition) is 4. The van der Waals surface area contributed by atoms with Crippen LogP contribution in [0.25, 0.3) is 0 Å². The van der Waals surface area contributed by atoms with Gasteiger partial charge in [-0.1, -0.05) is 6.07 Å². The Morgan fingerprint density at radius 3 is 2.50 bits per heavy atom. The van der Waals surface area contributed by atoms with Gasteiger partial charge in [0.2, 0.25) is 0 Å². The molecular weight excluding hydrogens is 233 g/mol. The van der Waals surface area contributed by atoms with Gasteiger partial charge in [0.1, 0.15) is 10.7 Å². The van der Waals surface area contributed by atoms with Crippen molar-refractivity contribution in [3.63, 3.8) is 0 Å². The first-order valence-corrected chi connectivity index (χ1v) is 6.03. The van der Waals surface area contributed by atoms with Crippen molar-refractivity contribution >= 4 is 10.0 Å². The van der Waals surface area contributed by atoms with E-state index < -0.39 is 20.7 Å². The first kappa shape index (κ1) is 13.0. The Kier molecular flexibility index (Phi) is 3.98. The van der Waals surface area contributed by atoms with E-state index in [1.807, 2.05) is 0 Å². The van der Waals surface area contributed by atoms with Crippen molar-refractivity contribution < 1.29 is 12.8 Å². The first-order valence-electron chi connectivity index (χ1n) is 4.55. The summed E-state index contributed by atoms with van der Waals surface area (Å²) in [7, 11) is -0.848. The summed E-state index contributed by atoms with van der Waals surface area (Å²) in [4.78, 5) is 1.76. The minimum absolute atomic E-state index is 0.165. The molecule has 0 heterocycles. The summed E-state index contributed by atoms with van der Waals surface area (Å²) in [5, 5.41) is 1.23. The molecule has 7 heteroatoms. The normalized spacial score (nSPS) is 12.1. The molecule has 0 bridgehead atoms. The van der Waals surface area contributed by atoms with Crippen LogP contribution in [0.4, 0.5) is 4.39 Å². The molecule has 0 spiro atoms. The highest BCUT2D eigenvalue weighted by molar-refractivity contribution is 7.89. The quantitative estimate of drug-likeness (QED) is 0.737. The molecular formula is C9H14FN3O2S. The molecule has 90 valence electrons. The third-order valence-electron chi connectivity index (χ3n) is 1.82. The number of benzene rings is 1. The van der Waals surface area contributed by atoms with Gasteiger partial charge in [-0.05, 0) is 17.7 Å². The summed E-state index contributed by atoms with van der Waals surface area (Å²) in [5.74, 6) is -0.808. The number of nitrogens with one attached hydrogen (secondary N) is 1. The SMILES string of the molecule is CN(C)NS(=O)(=O)c1ccc(CN)cc1F. The second kappa shape index (κ2) is 4.88. The summed E-state index contributed by atoms with van der Waals surface area (Å²) in [6, 6.07) is 3.79. The molecule has 5 nitrogen and oxygen atoms in total. The highest BCUT2D eigenvalue weighted by Crippen LogP contribution is 2.15. The van der Waals surface area contributed by atoms with Crippen molar-refractivity contribution in [2.45, 2.75) is 11.4 Å². The molecule has 0 saturated heterocycles. The van der Waals surface area contributed by atoms with E-state index in [0.29, 0.717) is 5.56 Å². The number of nitrogens with two attached hydrogens (primary N) is 1. The van der Waals surface area contributed by atoms with Crippen LogP contribution < -0.4 is 10.6 Å². The van der Waals surface area contributed by atoms with Crippen LogP contribution in [0, 0.1) is 5.82 Å². The fourth-order valence-electron chi connectivity index (χ4n) is 1.18. The average molecular weight is 247 g/mol. The molecule has 0 atom stereocenters. The second-order valence-corrected chi connectivity index (χ2v) is 5.09. The summed E-state index contributed by atoms with van der Waals surface area (Å²) in [6.45, 7) is 0.165. The van der Waals surface area contributed by atoms with Crippen molar-refractivity contribution in [3.05, 3.63) is 29.6 Å². The van der Waals surface area contributed by atoms with Crippen LogP contribution in [0.15, 0.2) is 23.1 Å². The minimum atomic E-state index is -3.86. The van der Waals surface area contributed by atoms with Crippen LogP contribution in [0.2, 0.25) is 0 Å². The lowest BCUT2D eigenvalue weighted by atomic mass is 10.2. The van der Waals surface area contributed by atoms with Gasteiger partial charge >= 0.3 is 0 Å². The Hall–Kier alpha value is -1.02. The smallest absolute Gasteiger partial charge is 0.256 e. The lowest BCUT2D eigenvalue weighted by Crippen LogP contribution is -2.36. The zero-order valence-electron chi connectivity index (χ0n) is 9.07. The van der Waals surface area contributed by atoms with Crippen LogP contribution in [-0.2, 0) is 16.6 Å². The number of hydrazine groups is 1. The molecule has 0 aliphatic carbocycles. The van der Waals surface area contributed by atoms with Gasteiger partial charge in [-0.25, -0.2) is 17.8 Å². The fourth-order valence-corrected chi connectivity index (χ4v) is 2.32. The van der Waals surface area contributed by atoms with Gasteiger partial charge in [-0.3, -0.25) is 0 Å². The van der Waals surface area contributed by atoms with Crippen molar-refractivity contribution in [2.24, 2.45) is 5.73 Å². The van der Waals surface area contributed by atoms with Crippen LogP contribution >= 0.6 is 0 Å². The summed E-state index contributed by atoms with van der Waals surface area (Å²) >= 11 is 0. The number of nitrogens with zero attached hydrogens (tertiary/aromatic N) is 1. The van der Waals surface area contributed by atoms with Crippen molar-refractivity contribution in [2.75, 3.05) is 14.1 Å². The van der Waals surface area contributed by atoms with E-state index in [0.717, 1.165) is 6.07 Å². The minimum Gasteiger partial charge on any atom is -0.326 e. The first-order chi connectivity index (χ1) is 7.36. The predicted octanol–water partition coefficient (Wildman–Crippen LogP) is 0.0393. The molecule has 0 aliphatic rings. The van der Waals surface area contributed by atoms with E-state index in [4.69, 9.17) is 5.73 Å². The topological polar surface area (TPSA) is 75.4 Å². The Morgan fingerprint density at radius 1 is 1.44 bits per heavy atom. The molecule has 1 aromatic rings.